The summed E-state index contributed by atoms with van der Waals surface area (Å²) in [7, 11) is 0. The molecule has 1 aliphatic heterocycles. The van der Waals surface area contributed by atoms with Crippen molar-refractivity contribution < 1.29 is 14.6 Å². The molecular weight excluding hydrogens is 306 g/mol. The average Bonchev–Trinajstić information content (AvgIpc) is 2.52. The number of benzene rings is 1. The van der Waals surface area contributed by atoms with Gasteiger partial charge in [-0.15, -0.1) is 0 Å². The highest BCUT2D eigenvalue weighted by Crippen LogP contribution is 2.43. The van der Waals surface area contributed by atoms with Gasteiger partial charge in [-0.1, -0.05) is 26.8 Å². The quantitative estimate of drug-likeness (QED) is 0.826. The molecule has 24 heavy (non-hydrogen) atoms. The molecule has 1 aliphatic rings. The molecule has 2 rings (SSSR count). The molecule has 1 amide bonds. The number of amides is 1. The number of rotatable bonds is 3. The fourth-order valence-corrected chi connectivity index (χ4v) is 3.45. The van der Waals surface area contributed by atoms with Gasteiger partial charge in [0.05, 0.1) is 11.2 Å². The van der Waals surface area contributed by atoms with Gasteiger partial charge in [0.2, 0.25) is 0 Å². The predicted octanol–water partition coefficient (Wildman–Crippen LogP) is 3.47. The second-order valence-electron chi connectivity index (χ2n) is 7.29. The first kappa shape index (κ1) is 17.9. The monoisotopic (exact) mass is 331 g/mol. The van der Waals surface area contributed by atoms with E-state index in [1.54, 1.807) is 18.2 Å². The summed E-state index contributed by atoms with van der Waals surface area (Å²) in [6.45, 7) is 6.78. The zero-order chi connectivity index (χ0) is 18.0. The third kappa shape index (κ3) is 3.12. The first-order valence-corrected chi connectivity index (χ1v) is 8.15. The van der Waals surface area contributed by atoms with Crippen molar-refractivity contribution in [2.24, 2.45) is 5.41 Å². The van der Waals surface area contributed by atoms with Crippen molar-refractivity contribution in [3.63, 3.8) is 0 Å². The average molecular weight is 331 g/mol. The molecule has 0 unspecified atom stereocenters. The van der Waals surface area contributed by atoms with Crippen LogP contribution in [0.15, 0.2) is 18.2 Å². The van der Waals surface area contributed by atoms with E-state index in [1.165, 1.54) is 4.90 Å². The molecular formula is C18H25N3O3. The number of nitriles is 1. The van der Waals surface area contributed by atoms with Crippen LogP contribution in [0.5, 0.6) is 5.75 Å². The first-order chi connectivity index (χ1) is 11.2. The van der Waals surface area contributed by atoms with Crippen LogP contribution in [-0.4, -0.2) is 34.8 Å². The van der Waals surface area contributed by atoms with E-state index in [4.69, 9.17) is 10.5 Å². The maximum atomic E-state index is 11.8. The minimum Gasteiger partial charge on any atom is -0.490 e. The zero-order valence-corrected chi connectivity index (χ0v) is 14.5. The molecule has 0 aromatic heterocycles. The van der Waals surface area contributed by atoms with Gasteiger partial charge in [0.1, 0.15) is 24.0 Å². The number of piperidine rings is 1. The molecule has 1 atom stereocenters. The van der Waals surface area contributed by atoms with E-state index in [0.717, 1.165) is 19.3 Å². The van der Waals surface area contributed by atoms with Crippen molar-refractivity contribution in [1.82, 2.24) is 4.90 Å². The highest BCUT2D eigenvalue weighted by molar-refractivity contribution is 5.67. The fourth-order valence-electron chi connectivity index (χ4n) is 3.45. The standard InChI is InChI=1S/C18H25N3O3/c1-17(2,3)18(9-4-5-10-21(18)16(22)23)12-24-15-8-6-7-14(20)13(15)11-19/h6-8H,4-5,9-10,12,20H2,1-3H3,(H,22,23)/t18-/m0/s1. The number of ether oxygens (including phenoxy) is 1. The Morgan fingerprint density at radius 1 is 1.46 bits per heavy atom. The second-order valence-corrected chi connectivity index (χ2v) is 7.29. The van der Waals surface area contributed by atoms with Crippen molar-refractivity contribution >= 4 is 11.8 Å². The Morgan fingerprint density at radius 3 is 2.75 bits per heavy atom. The number of nitrogens with two attached hydrogens (primary N) is 1. The number of likely N-dealkylation sites (tertiary alicyclic amines) is 1. The first-order valence-electron chi connectivity index (χ1n) is 8.15. The molecule has 1 heterocycles. The van der Waals surface area contributed by atoms with Gasteiger partial charge in [0.25, 0.3) is 0 Å². The van der Waals surface area contributed by atoms with Gasteiger partial charge in [-0.25, -0.2) is 4.79 Å². The van der Waals surface area contributed by atoms with Crippen molar-refractivity contribution in [2.75, 3.05) is 18.9 Å². The molecule has 0 aliphatic carbocycles. The number of hydrogen-bond acceptors (Lipinski definition) is 4. The number of carboxylic acid groups (broad SMARTS) is 1. The van der Waals surface area contributed by atoms with Crippen LogP contribution in [0.25, 0.3) is 0 Å². The molecule has 130 valence electrons. The maximum absolute atomic E-state index is 11.8. The van der Waals surface area contributed by atoms with E-state index >= 15 is 0 Å². The molecule has 0 saturated carbocycles. The Morgan fingerprint density at radius 2 is 2.17 bits per heavy atom. The minimum absolute atomic E-state index is 0.195. The topological polar surface area (TPSA) is 99.6 Å². The van der Waals surface area contributed by atoms with Gasteiger partial charge in [0, 0.05) is 6.54 Å². The third-order valence-electron chi connectivity index (χ3n) is 5.00. The lowest BCUT2D eigenvalue weighted by atomic mass is 9.68. The van der Waals surface area contributed by atoms with Gasteiger partial charge in [-0.3, -0.25) is 4.90 Å². The largest absolute Gasteiger partial charge is 0.490 e. The van der Waals surface area contributed by atoms with Crippen LogP contribution in [-0.2, 0) is 0 Å². The van der Waals surface area contributed by atoms with Crippen LogP contribution in [0.4, 0.5) is 10.5 Å². The molecule has 6 heteroatoms. The lowest BCUT2D eigenvalue weighted by Gasteiger charge is -2.53. The Hall–Kier alpha value is -2.42. The van der Waals surface area contributed by atoms with Crippen LogP contribution in [0.2, 0.25) is 0 Å². The van der Waals surface area contributed by atoms with Gasteiger partial charge in [-0.05, 0) is 36.8 Å². The normalized spacial score (nSPS) is 21.2. The van der Waals surface area contributed by atoms with Crippen LogP contribution < -0.4 is 10.5 Å². The minimum atomic E-state index is -0.929. The lowest BCUT2D eigenvalue weighted by molar-refractivity contribution is -0.0525. The van der Waals surface area contributed by atoms with E-state index in [0.29, 0.717) is 23.5 Å². The molecule has 1 aromatic carbocycles. The van der Waals surface area contributed by atoms with Crippen LogP contribution in [0.1, 0.15) is 45.6 Å². The van der Waals surface area contributed by atoms with Crippen molar-refractivity contribution in [1.29, 1.82) is 5.26 Å². The summed E-state index contributed by atoms with van der Waals surface area (Å²) < 4.78 is 5.95. The number of nitrogen functional groups attached to an aromatic ring is 1. The number of carbonyl (C=O) groups is 1. The molecule has 0 bridgehead atoms. The summed E-state index contributed by atoms with van der Waals surface area (Å²) in [6, 6.07) is 7.13. The SMILES string of the molecule is CC(C)(C)[C@@]1(COc2cccc(N)c2C#N)CCCCN1C(=O)O. The van der Waals surface area contributed by atoms with E-state index in [-0.39, 0.29) is 12.0 Å². The van der Waals surface area contributed by atoms with Crippen molar-refractivity contribution in [2.45, 2.75) is 45.6 Å². The molecule has 3 N–H and O–H groups in total. The number of hydrogen-bond donors (Lipinski definition) is 2. The smallest absolute Gasteiger partial charge is 0.407 e. The second kappa shape index (κ2) is 6.60. The molecule has 0 radical (unpaired) electrons. The lowest BCUT2D eigenvalue weighted by Crippen LogP contribution is -2.64. The molecule has 6 nitrogen and oxygen atoms in total. The summed E-state index contributed by atoms with van der Waals surface area (Å²) in [4.78, 5) is 13.3. The predicted molar refractivity (Wildman–Crippen MR) is 91.8 cm³/mol. The maximum Gasteiger partial charge on any atom is 0.407 e. The zero-order valence-electron chi connectivity index (χ0n) is 14.5. The Balaban J connectivity index is 2.36. The van der Waals surface area contributed by atoms with Crippen LogP contribution in [0.3, 0.4) is 0 Å². The van der Waals surface area contributed by atoms with E-state index in [1.807, 2.05) is 20.8 Å². The van der Waals surface area contributed by atoms with Gasteiger partial charge in [0.15, 0.2) is 0 Å². The summed E-state index contributed by atoms with van der Waals surface area (Å²) in [5.41, 5.74) is 5.53. The Bertz CT molecular complexity index is 660. The van der Waals surface area contributed by atoms with Gasteiger partial charge in [-0.2, -0.15) is 5.26 Å². The Labute approximate surface area is 142 Å². The van der Waals surface area contributed by atoms with E-state index in [9.17, 15) is 15.2 Å². The molecule has 1 fully saturated rings. The van der Waals surface area contributed by atoms with Gasteiger partial charge < -0.3 is 15.6 Å². The Kier molecular flexibility index (Phi) is 4.93. The third-order valence-corrected chi connectivity index (χ3v) is 5.00. The van der Waals surface area contributed by atoms with E-state index in [2.05, 4.69) is 6.07 Å². The fraction of sp³-hybridized carbons (Fsp3) is 0.556. The molecule has 0 spiro atoms. The van der Waals surface area contributed by atoms with Crippen LogP contribution in [0, 0.1) is 16.7 Å². The summed E-state index contributed by atoms with van der Waals surface area (Å²) >= 11 is 0. The summed E-state index contributed by atoms with van der Waals surface area (Å²) in [6.07, 6.45) is 1.60. The van der Waals surface area contributed by atoms with Crippen molar-refractivity contribution in [3.05, 3.63) is 23.8 Å². The van der Waals surface area contributed by atoms with Crippen molar-refractivity contribution in [3.8, 4) is 11.8 Å². The summed E-state index contributed by atoms with van der Waals surface area (Å²) in [5, 5.41) is 19.0. The highest BCUT2D eigenvalue weighted by Gasteiger charge is 2.51. The van der Waals surface area contributed by atoms with Gasteiger partial charge >= 0.3 is 6.09 Å². The molecule has 1 aromatic rings. The summed E-state index contributed by atoms with van der Waals surface area (Å²) in [5.74, 6) is 0.400. The van der Waals surface area contributed by atoms with Crippen LogP contribution >= 0.6 is 0 Å². The van der Waals surface area contributed by atoms with E-state index < -0.39 is 11.6 Å². The number of nitrogens with zero attached hydrogens (tertiary/aromatic N) is 2. The molecule has 1 saturated heterocycles. The highest BCUT2D eigenvalue weighted by atomic mass is 16.5. The number of anilines is 1.